The minimum atomic E-state index is -0.610. The molecule has 1 aromatic rings. The number of Topliss-reactive ketones (excluding diaryl/α,β-unsaturated/α-hetero) is 1. The van der Waals surface area contributed by atoms with E-state index in [0.717, 1.165) is 0 Å². The third-order valence-electron chi connectivity index (χ3n) is 3.95. The van der Waals surface area contributed by atoms with Crippen LogP contribution in [0.5, 0.6) is 0 Å². The van der Waals surface area contributed by atoms with Crippen LogP contribution in [0.2, 0.25) is 0 Å². The highest BCUT2D eigenvalue weighted by atomic mass is 32.2. The number of ketones is 1. The zero-order valence-corrected chi connectivity index (χ0v) is 19.6. The van der Waals surface area contributed by atoms with E-state index in [1.54, 1.807) is 52.1 Å². The molecular weight excluding hydrogens is 404 g/mol. The van der Waals surface area contributed by atoms with E-state index in [9.17, 15) is 19.2 Å². The summed E-state index contributed by atoms with van der Waals surface area (Å²) in [5, 5.41) is 2.81. The average Bonchev–Trinajstić information content (AvgIpc) is 2.61. The fourth-order valence-corrected chi connectivity index (χ4v) is 3.18. The summed E-state index contributed by atoms with van der Waals surface area (Å²) in [5.74, 6) is -1.21. The average molecular weight is 437 g/mol. The van der Waals surface area contributed by atoms with Crippen LogP contribution in [0.3, 0.4) is 0 Å². The SMILES string of the molecule is CN(CC(=O)NC(C)(C)C)C(=O)CSc1ccccc1C(=O)OCC(=O)C(C)(C)C. The molecular formula is C22H32N2O5S. The molecule has 0 fully saturated rings. The molecule has 0 aromatic heterocycles. The molecule has 0 aliphatic heterocycles. The fraction of sp³-hybridized carbons (Fsp3) is 0.545. The minimum absolute atomic E-state index is 0.0464. The predicted octanol–water partition coefficient (Wildman–Crippen LogP) is 2.92. The molecule has 0 aliphatic rings. The zero-order chi connectivity index (χ0) is 23.1. The molecule has 0 saturated carbocycles. The Morgan fingerprint density at radius 3 is 2.20 bits per heavy atom. The van der Waals surface area contributed by atoms with Gasteiger partial charge in [-0.25, -0.2) is 4.79 Å². The molecule has 0 unspecified atom stereocenters. The van der Waals surface area contributed by atoms with Crippen LogP contribution in [-0.4, -0.2) is 60.0 Å². The first-order valence-electron chi connectivity index (χ1n) is 9.68. The first kappa shape index (κ1) is 25.7. The summed E-state index contributed by atoms with van der Waals surface area (Å²) in [6.45, 7) is 10.5. The molecule has 0 bridgehead atoms. The number of esters is 1. The number of hydrogen-bond acceptors (Lipinski definition) is 6. The number of benzene rings is 1. The first-order chi connectivity index (χ1) is 13.7. The second-order valence-electron chi connectivity index (χ2n) is 9.08. The van der Waals surface area contributed by atoms with E-state index in [1.165, 1.54) is 16.7 Å². The van der Waals surface area contributed by atoms with Crippen LogP contribution in [0.25, 0.3) is 0 Å². The standard InChI is InChI=1S/C22H32N2O5S/c1-21(2,3)17(25)13-29-20(28)15-10-8-9-11-16(15)30-14-19(27)24(7)12-18(26)23-22(4,5)6/h8-11H,12-14H2,1-7H3,(H,23,26). The Hall–Kier alpha value is -2.35. The second-order valence-corrected chi connectivity index (χ2v) is 10.1. The summed E-state index contributed by atoms with van der Waals surface area (Å²) in [5.41, 5.74) is -0.668. The molecule has 166 valence electrons. The van der Waals surface area contributed by atoms with Crippen molar-refractivity contribution in [1.82, 2.24) is 10.2 Å². The van der Waals surface area contributed by atoms with E-state index in [-0.39, 0.29) is 42.0 Å². The Balaban J connectivity index is 2.68. The molecule has 8 heteroatoms. The van der Waals surface area contributed by atoms with Crippen LogP contribution in [0, 0.1) is 5.41 Å². The Morgan fingerprint density at radius 1 is 1.03 bits per heavy atom. The normalized spacial score (nSPS) is 11.6. The molecule has 2 amide bonds. The summed E-state index contributed by atoms with van der Waals surface area (Å²) in [6.07, 6.45) is 0. The Bertz CT molecular complexity index is 793. The topological polar surface area (TPSA) is 92.8 Å². The number of thioether (sulfide) groups is 1. The molecule has 1 N–H and O–H groups in total. The summed E-state index contributed by atoms with van der Waals surface area (Å²) >= 11 is 1.18. The quantitative estimate of drug-likeness (QED) is 0.498. The number of likely N-dealkylation sites (N-methyl/N-ethyl adjacent to an activating group) is 1. The number of amides is 2. The summed E-state index contributed by atoms with van der Waals surface area (Å²) in [4.78, 5) is 50.7. The van der Waals surface area contributed by atoms with E-state index >= 15 is 0 Å². The third kappa shape index (κ3) is 8.98. The Morgan fingerprint density at radius 2 is 1.63 bits per heavy atom. The minimum Gasteiger partial charge on any atom is -0.454 e. The van der Waals surface area contributed by atoms with Gasteiger partial charge in [0.15, 0.2) is 12.4 Å². The number of carbonyl (C=O) groups is 4. The molecule has 30 heavy (non-hydrogen) atoms. The molecule has 1 rings (SSSR count). The van der Waals surface area contributed by atoms with E-state index in [0.29, 0.717) is 10.5 Å². The number of nitrogens with one attached hydrogen (secondary N) is 1. The van der Waals surface area contributed by atoms with Gasteiger partial charge in [-0.15, -0.1) is 11.8 Å². The lowest BCUT2D eigenvalue weighted by molar-refractivity contribution is -0.133. The van der Waals surface area contributed by atoms with Crippen molar-refractivity contribution in [3.63, 3.8) is 0 Å². The first-order valence-corrected chi connectivity index (χ1v) is 10.7. The monoisotopic (exact) mass is 436 g/mol. The maximum absolute atomic E-state index is 12.4. The summed E-state index contributed by atoms with van der Waals surface area (Å²) in [6, 6.07) is 6.75. The van der Waals surface area contributed by atoms with Gasteiger partial charge in [-0.05, 0) is 32.9 Å². The molecule has 0 atom stereocenters. The van der Waals surface area contributed by atoms with Gasteiger partial charge in [0.25, 0.3) is 0 Å². The fourth-order valence-electron chi connectivity index (χ4n) is 2.20. The highest BCUT2D eigenvalue weighted by Gasteiger charge is 2.24. The van der Waals surface area contributed by atoms with Gasteiger partial charge in [0.1, 0.15) is 0 Å². The lowest BCUT2D eigenvalue weighted by Gasteiger charge is -2.23. The van der Waals surface area contributed by atoms with Gasteiger partial charge >= 0.3 is 5.97 Å². The van der Waals surface area contributed by atoms with Crippen LogP contribution in [0.15, 0.2) is 29.2 Å². The molecule has 1 aromatic carbocycles. The molecule has 0 aliphatic carbocycles. The molecule has 0 heterocycles. The van der Waals surface area contributed by atoms with Crippen molar-refractivity contribution in [2.75, 3.05) is 26.0 Å². The number of ether oxygens (including phenoxy) is 1. The van der Waals surface area contributed by atoms with E-state index in [1.807, 2.05) is 20.8 Å². The van der Waals surface area contributed by atoms with Gasteiger partial charge in [0, 0.05) is 22.9 Å². The molecule has 7 nitrogen and oxygen atoms in total. The van der Waals surface area contributed by atoms with Crippen molar-refractivity contribution in [2.24, 2.45) is 5.41 Å². The number of carbonyl (C=O) groups excluding carboxylic acids is 4. The van der Waals surface area contributed by atoms with E-state index < -0.39 is 11.4 Å². The Labute approximate surface area is 182 Å². The maximum Gasteiger partial charge on any atom is 0.339 e. The van der Waals surface area contributed by atoms with Crippen molar-refractivity contribution in [3.05, 3.63) is 29.8 Å². The van der Waals surface area contributed by atoms with Crippen molar-refractivity contribution in [1.29, 1.82) is 0 Å². The van der Waals surface area contributed by atoms with Crippen molar-refractivity contribution in [2.45, 2.75) is 52.0 Å². The van der Waals surface area contributed by atoms with Gasteiger partial charge in [-0.3, -0.25) is 14.4 Å². The van der Waals surface area contributed by atoms with Crippen molar-refractivity contribution >= 4 is 35.3 Å². The van der Waals surface area contributed by atoms with Crippen LogP contribution in [-0.2, 0) is 19.1 Å². The van der Waals surface area contributed by atoms with Gasteiger partial charge in [0.05, 0.1) is 17.9 Å². The molecule has 0 radical (unpaired) electrons. The largest absolute Gasteiger partial charge is 0.454 e. The van der Waals surface area contributed by atoms with Gasteiger partial charge in [0.2, 0.25) is 11.8 Å². The summed E-state index contributed by atoms with van der Waals surface area (Å²) < 4.78 is 5.16. The third-order valence-corrected chi connectivity index (χ3v) is 5.01. The van der Waals surface area contributed by atoms with E-state index in [4.69, 9.17) is 4.74 Å². The van der Waals surface area contributed by atoms with Gasteiger partial charge in [-0.2, -0.15) is 0 Å². The highest BCUT2D eigenvalue weighted by molar-refractivity contribution is 8.00. The van der Waals surface area contributed by atoms with Crippen LogP contribution < -0.4 is 5.32 Å². The zero-order valence-electron chi connectivity index (χ0n) is 18.8. The lowest BCUT2D eigenvalue weighted by Crippen LogP contribution is -2.46. The van der Waals surface area contributed by atoms with Crippen LogP contribution in [0.4, 0.5) is 0 Å². The van der Waals surface area contributed by atoms with Gasteiger partial charge < -0.3 is 15.0 Å². The van der Waals surface area contributed by atoms with Crippen molar-refractivity contribution < 1.29 is 23.9 Å². The van der Waals surface area contributed by atoms with E-state index in [2.05, 4.69) is 5.32 Å². The maximum atomic E-state index is 12.4. The van der Waals surface area contributed by atoms with Gasteiger partial charge in [-0.1, -0.05) is 32.9 Å². The number of rotatable bonds is 8. The molecule has 0 saturated heterocycles. The second kappa shape index (κ2) is 10.6. The van der Waals surface area contributed by atoms with Crippen molar-refractivity contribution in [3.8, 4) is 0 Å². The smallest absolute Gasteiger partial charge is 0.339 e. The van der Waals surface area contributed by atoms with Crippen LogP contribution >= 0.6 is 11.8 Å². The number of nitrogens with zero attached hydrogens (tertiary/aromatic N) is 1. The Kier molecular flexibility index (Phi) is 9.09. The van der Waals surface area contributed by atoms with Crippen LogP contribution in [0.1, 0.15) is 51.9 Å². The molecule has 0 spiro atoms. The predicted molar refractivity (Wildman–Crippen MR) is 117 cm³/mol. The summed E-state index contributed by atoms with van der Waals surface area (Å²) in [7, 11) is 1.56. The number of hydrogen-bond donors (Lipinski definition) is 1. The lowest BCUT2D eigenvalue weighted by atomic mass is 9.91. The highest BCUT2D eigenvalue weighted by Crippen LogP contribution is 2.24.